The second kappa shape index (κ2) is 5.13. The summed E-state index contributed by atoms with van der Waals surface area (Å²) < 4.78 is 2.63. The summed E-state index contributed by atoms with van der Waals surface area (Å²) in [5.74, 6) is 0.509. The van der Waals surface area contributed by atoms with Gasteiger partial charge in [0.25, 0.3) is 0 Å². The molecule has 0 aliphatic rings. The van der Waals surface area contributed by atoms with Crippen LogP contribution in [-0.4, -0.2) is 9.78 Å². The van der Waals surface area contributed by atoms with Gasteiger partial charge in [-0.15, -0.1) is 0 Å². The van der Waals surface area contributed by atoms with Gasteiger partial charge in [0.15, 0.2) is 5.82 Å². The molecule has 0 spiro atoms. The van der Waals surface area contributed by atoms with Crippen LogP contribution in [0.4, 0.5) is 5.82 Å². The van der Waals surface area contributed by atoms with Gasteiger partial charge in [0.2, 0.25) is 0 Å². The number of benzene rings is 2. The van der Waals surface area contributed by atoms with Gasteiger partial charge >= 0.3 is 0 Å². The van der Waals surface area contributed by atoms with Crippen molar-refractivity contribution < 1.29 is 0 Å². The molecule has 0 fully saturated rings. The van der Waals surface area contributed by atoms with Crippen molar-refractivity contribution in [1.82, 2.24) is 9.78 Å². The summed E-state index contributed by atoms with van der Waals surface area (Å²) in [4.78, 5) is 0. The zero-order valence-corrected chi connectivity index (χ0v) is 12.6. The highest BCUT2D eigenvalue weighted by molar-refractivity contribution is 9.10. The Morgan fingerprint density at radius 3 is 2.00 bits per heavy atom. The average Bonchev–Trinajstić information content (AvgIpc) is 2.73. The molecule has 0 atom stereocenters. The number of halogens is 1. The summed E-state index contributed by atoms with van der Waals surface area (Å²) >= 11 is 3.49. The zero-order chi connectivity index (χ0) is 14.1. The van der Waals surface area contributed by atoms with Gasteiger partial charge in [-0.1, -0.05) is 54.6 Å². The first-order chi connectivity index (χ1) is 9.66. The first kappa shape index (κ1) is 12.9. The third-order valence-corrected chi connectivity index (χ3v) is 4.06. The molecule has 0 saturated carbocycles. The number of nitrogen functional groups attached to an aromatic ring is 1. The smallest absolute Gasteiger partial charge is 0.160 e. The second-order valence-corrected chi connectivity index (χ2v) is 5.41. The fourth-order valence-electron chi connectivity index (χ4n) is 2.28. The number of hydrogen-bond acceptors (Lipinski definition) is 2. The molecule has 0 saturated heterocycles. The second-order valence-electron chi connectivity index (χ2n) is 4.61. The number of hydrogen-bond donors (Lipinski definition) is 1. The Balaban J connectivity index is 2.02. The molecule has 0 aliphatic carbocycles. The van der Waals surface area contributed by atoms with Gasteiger partial charge in [-0.05, 0) is 27.1 Å². The quantitative estimate of drug-likeness (QED) is 0.770. The summed E-state index contributed by atoms with van der Waals surface area (Å²) in [5.41, 5.74) is 10.3. The molecule has 1 heterocycles. The molecule has 3 aromatic rings. The number of rotatable bonds is 2. The lowest BCUT2D eigenvalue weighted by Crippen LogP contribution is -1.94. The summed E-state index contributed by atoms with van der Waals surface area (Å²) in [7, 11) is 1.89. The Morgan fingerprint density at radius 2 is 1.45 bits per heavy atom. The number of aromatic nitrogens is 2. The summed E-state index contributed by atoms with van der Waals surface area (Å²) in [6.07, 6.45) is 0. The van der Waals surface area contributed by atoms with Gasteiger partial charge in [0.1, 0.15) is 0 Å². The van der Waals surface area contributed by atoms with Crippen molar-refractivity contribution in [2.75, 3.05) is 5.73 Å². The molecule has 20 heavy (non-hydrogen) atoms. The van der Waals surface area contributed by atoms with E-state index >= 15 is 0 Å². The minimum atomic E-state index is 0.509. The van der Waals surface area contributed by atoms with Crippen LogP contribution in [-0.2, 0) is 7.05 Å². The van der Waals surface area contributed by atoms with Crippen molar-refractivity contribution in [2.24, 2.45) is 7.05 Å². The van der Waals surface area contributed by atoms with Crippen LogP contribution in [0.1, 0.15) is 0 Å². The molecule has 2 aromatic carbocycles. The molecule has 0 unspecified atom stereocenters. The molecule has 0 bridgehead atoms. The highest BCUT2D eigenvalue weighted by Gasteiger charge is 2.13. The van der Waals surface area contributed by atoms with Crippen LogP contribution in [0.25, 0.3) is 22.4 Å². The highest BCUT2D eigenvalue weighted by atomic mass is 79.9. The van der Waals surface area contributed by atoms with E-state index in [2.05, 4.69) is 57.4 Å². The fourth-order valence-corrected chi connectivity index (χ4v) is 2.85. The van der Waals surface area contributed by atoms with E-state index in [1.165, 1.54) is 11.1 Å². The molecule has 0 aliphatic heterocycles. The van der Waals surface area contributed by atoms with Crippen molar-refractivity contribution in [1.29, 1.82) is 0 Å². The van der Waals surface area contributed by atoms with Crippen molar-refractivity contribution in [3.05, 3.63) is 59.1 Å². The lowest BCUT2D eigenvalue weighted by molar-refractivity contribution is 0.780. The van der Waals surface area contributed by atoms with E-state index in [1.54, 1.807) is 4.68 Å². The van der Waals surface area contributed by atoms with Crippen LogP contribution in [0.15, 0.2) is 59.1 Å². The maximum Gasteiger partial charge on any atom is 0.160 e. The average molecular weight is 328 g/mol. The van der Waals surface area contributed by atoms with E-state index in [9.17, 15) is 0 Å². The molecule has 4 heteroatoms. The lowest BCUT2D eigenvalue weighted by atomic mass is 10.0. The third kappa shape index (κ3) is 2.23. The standard InChI is InChI=1S/C16H14BrN3/c1-20-15(14(17)16(18)19-20)13-9-7-12(8-10-13)11-5-3-2-4-6-11/h2-10H,1H3,(H2,18,19). The van der Waals surface area contributed by atoms with Crippen LogP contribution in [0, 0.1) is 0 Å². The van der Waals surface area contributed by atoms with Crippen LogP contribution in [0.2, 0.25) is 0 Å². The SMILES string of the molecule is Cn1nc(N)c(Br)c1-c1ccc(-c2ccccc2)cc1. The molecular formula is C16H14BrN3. The first-order valence-electron chi connectivity index (χ1n) is 6.30. The maximum atomic E-state index is 5.82. The van der Waals surface area contributed by atoms with E-state index in [-0.39, 0.29) is 0 Å². The van der Waals surface area contributed by atoms with Crippen LogP contribution in [0.5, 0.6) is 0 Å². The number of nitrogens with zero attached hydrogens (tertiary/aromatic N) is 2. The maximum absolute atomic E-state index is 5.82. The zero-order valence-electron chi connectivity index (χ0n) is 11.0. The summed E-state index contributed by atoms with van der Waals surface area (Å²) in [6.45, 7) is 0. The third-order valence-electron chi connectivity index (χ3n) is 3.28. The van der Waals surface area contributed by atoms with Crippen LogP contribution < -0.4 is 5.73 Å². The van der Waals surface area contributed by atoms with Crippen LogP contribution in [0.3, 0.4) is 0 Å². The van der Waals surface area contributed by atoms with Crippen molar-refractivity contribution in [3.63, 3.8) is 0 Å². The molecule has 0 amide bonds. The van der Waals surface area contributed by atoms with Gasteiger partial charge < -0.3 is 5.73 Å². The molecule has 100 valence electrons. The van der Waals surface area contributed by atoms with E-state index < -0.39 is 0 Å². The minimum Gasteiger partial charge on any atom is -0.381 e. The van der Waals surface area contributed by atoms with Gasteiger partial charge in [-0.2, -0.15) is 5.10 Å². The molecule has 0 radical (unpaired) electrons. The van der Waals surface area contributed by atoms with Crippen molar-refractivity contribution >= 4 is 21.7 Å². The lowest BCUT2D eigenvalue weighted by Gasteiger charge is -2.06. The highest BCUT2D eigenvalue weighted by Crippen LogP contribution is 2.33. The molecule has 1 aromatic heterocycles. The van der Waals surface area contributed by atoms with E-state index in [0.29, 0.717) is 5.82 Å². The van der Waals surface area contributed by atoms with Gasteiger partial charge in [-0.25, -0.2) is 0 Å². The molecule has 3 nitrogen and oxygen atoms in total. The van der Waals surface area contributed by atoms with Crippen LogP contribution >= 0.6 is 15.9 Å². The van der Waals surface area contributed by atoms with Crippen molar-refractivity contribution in [2.45, 2.75) is 0 Å². The minimum absolute atomic E-state index is 0.509. The Kier molecular flexibility index (Phi) is 3.32. The predicted octanol–water partition coefficient (Wildman–Crippen LogP) is 4.10. The normalized spacial score (nSPS) is 10.7. The van der Waals surface area contributed by atoms with Crippen molar-refractivity contribution in [3.8, 4) is 22.4 Å². The van der Waals surface area contributed by atoms with Gasteiger partial charge in [-0.3, -0.25) is 4.68 Å². The fraction of sp³-hybridized carbons (Fsp3) is 0.0625. The summed E-state index contributed by atoms with van der Waals surface area (Å²) in [6, 6.07) is 18.7. The van der Waals surface area contributed by atoms with E-state index in [4.69, 9.17) is 5.73 Å². The molecule has 3 rings (SSSR count). The summed E-state index contributed by atoms with van der Waals surface area (Å²) in [5, 5.41) is 4.22. The first-order valence-corrected chi connectivity index (χ1v) is 7.10. The Morgan fingerprint density at radius 1 is 0.900 bits per heavy atom. The van der Waals surface area contributed by atoms with Gasteiger partial charge in [0, 0.05) is 12.6 Å². The number of anilines is 1. The van der Waals surface area contributed by atoms with Gasteiger partial charge in [0.05, 0.1) is 10.2 Å². The molecular weight excluding hydrogens is 314 g/mol. The number of nitrogens with two attached hydrogens (primary N) is 1. The Labute approximate surface area is 126 Å². The monoisotopic (exact) mass is 327 g/mol. The van der Waals surface area contributed by atoms with E-state index in [1.807, 2.05) is 25.2 Å². The Hall–Kier alpha value is -2.07. The molecule has 2 N–H and O–H groups in total. The topological polar surface area (TPSA) is 43.8 Å². The largest absolute Gasteiger partial charge is 0.381 e. The predicted molar refractivity (Wildman–Crippen MR) is 86.2 cm³/mol. The van der Waals surface area contributed by atoms with E-state index in [0.717, 1.165) is 15.7 Å². The number of aryl methyl sites for hydroxylation is 1. The Bertz CT molecular complexity index is 730.